The van der Waals surface area contributed by atoms with Crippen LogP contribution in [0.15, 0.2) is 23.3 Å². The van der Waals surface area contributed by atoms with Crippen LogP contribution in [0.3, 0.4) is 0 Å². The van der Waals surface area contributed by atoms with E-state index in [9.17, 15) is 14.0 Å². The van der Waals surface area contributed by atoms with Crippen molar-refractivity contribution in [2.75, 3.05) is 0 Å². The van der Waals surface area contributed by atoms with Crippen LogP contribution in [-0.2, 0) is 16.1 Å². The van der Waals surface area contributed by atoms with Gasteiger partial charge in [-0.2, -0.15) is 5.10 Å². The van der Waals surface area contributed by atoms with Gasteiger partial charge in [-0.15, -0.1) is 0 Å². The van der Waals surface area contributed by atoms with E-state index in [0.29, 0.717) is 5.56 Å². The molecule has 1 heterocycles. The summed E-state index contributed by atoms with van der Waals surface area (Å²) in [6.07, 6.45) is 0.242. The molecule has 0 bridgehead atoms. The smallest absolute Gasteiger partial charge is 0.352 e. The summed E-state index contributed by atoms with van der Waals surface area (Å²) < 4.78 is 13.2. The van der Waals surface area contributed by atoms with Gasteiger partial charge in [-0.05, 0) is 30.2 Å². The Labute approximate surface area is 109 Å². The largest absolute Gasteiger partial charge is 0.477 e. The molecule has 100 valence electrons. The zero-order valence-electron chi connectivity index (χ0n) is 10.4. The van der Waals surface area contributed by atoms with Crippen LogP contribution in [0.4, 0.5) is 4.39 Å². The molecular formula is C13H13FN2O3. The van der Waals surface area contributed by atoms with Gasteiger partial charge >= 0.3 is 5.97 Å². The SMILES string of the molecule is Cc1ccc(F)cc1CN1N=C(C(=O)O)CCC1=O. The third kappa shape index (κ3) is 2.96. The van der Waals surface area contributed by atoms with E-state index in [4.69, 9.17) is 5.11 Å². The van der Waals surface area contributed by atoms with E-state index in [1.54, 1.807) is 13.0 Å². The summed E-state index contributed by atoms with van der Waals surface area (Å²) in [6, 6.07) is 4.27. The van der Waals surface area contributed by atoms with Gasteiger partial charge in [0, 0.05) is 12.8 Å². The number of carbonyl (C=O) groups is 2. The highest BCUT2D eigenvalue weighted by molar-refractivity contribution is 6.36. The molecule has 1 aromatic rings. The van der Waals surface area contributed by atoms with Crippen LogP contribution >= 0.6 is 0 Å². The molecule has 0 radical (unpaired) electrons. The average molecular weight is 264 g/mol. The van der Waals surface area contributed by atoms with Crippen molar-refractivity contribution in [3.05, 3.63) is 35.1 Å². The van der Waals surface area contributed by atoms with Crippen molar-refractivity contribution in [2.45, 2.75) is 26.3 Å². The van der Waals surface area contributed by atoms with Crippen molar-refractivity contribution in [1.29, 1.82) is 0 Å². The maximum atomic E-state index is 13.2. The summed E-state index contributed by atoms with van der Waals surface area (Å²) in [5, 5.41) is 13.8. The first kappa shape index (κ1) is 13.2. The second-order valence-electron chi connectivity index (χ2n) is 4.37. The monoisotopic (exact) mass is 264 g/mol. The molecule has 0 aromatic heterocycles. The molecule has 19 heavy (non-hydrogen) atoms. The number of aliphatic carboxylic acids is 1. The molecule has 1 aliphatic heterocycles. The zero-order chi connectivity index (χ0) is 14.0. The standard InChI is InChI=1S/C13H13FN2O3/c1-8-2-3-10(14)6-9(8)7-16-12(17)5-4-11(15-16)13(18)19/h2-3,6H,4-5,7H2,1H3,(H,18,19). The van der Waals surface area contributed by atoms with Crippen LogP contribution in [0.2, 0.25) is 0 Å². The van der Waals surface area contributed by atoms with Gasteiger partial charge in [0.2, 0.25) is 5.91 Å². The van der Waals surface area contributed by atoms with E-state index >= 15 is 0 Å². The fourth-order valence-corrected chi connectivity index (χ4v) is 1.85. The molecule has 0 aliphatic carbocycles. The van der Waals surface area contributed by atoms with Gasteiger partial charge in [0.25, 0.3) is 0 Å². The Balaban J connectivity index is 2.25. The topological polar surface area (TPSA) is 70.0 Å². The molecule has 0 saturated carbocycles. The number of amides is 1. The molecule has 1 N–H and O–H groups in total. The number of halogens is 1. The second-order valence-corrected chi connectivity index (χ2v) is 4.37. The second kappa shape index (κ2) is 5.17. The third-order valence-corrected chi connectivity index (χ3v) is 2.98. The lowest BCUT2D eigenvalue weighted by molar-refractivity contribution is -0.133. The van der Waals surface area contributed by atoms with E-state index in [1.165, 1.54) is 12.1 Å². The molecule has 1 amide bonds. The first-order chi connectivity index (χ1) is 8.97. The number of hydrogen-bond donors (Lipinski definition) is 1. The Hall–Kier alpha value is -2.24. The number of hydrazone groups is 1. The van der Waals surface area contributed by atoms with Crippen molar-refractivity contribution in [1.82, 2.24) is 5.01 Å². The van der Waals surface area contributed by atoms with E-state index in [1.807, 2.05) is 0 Å². The lowest BCUT2D eigenvalue weighted by atomic mass is 10.1. The molecule has 1 aromatic carbocycles. The van der Waals surface area contributed by atoms with Gasteiger partial charge < -0.3 is 5.11 Å². The molecule has 2 rings (SSSR count). The van der Waals surface area contributed by atoms with Crippen LogP contribution in [0.5, 0.6) is 0 Å². The fourth-order valence-electron chi connectivity index (χ4n) is 1.85. The molecule has 0 spiro atoms. The van der Waals surface area contributed by atoms with E-state index in [2.05, 4.69) is 5.10 Å². The molecule has 0 atom stereocenters. The molecule has 5 nitrogen and oxygen atoms in total. The van der Waals surface area contributed by atoms with Crippen LogP contribution in [-0.4, -0.2) is 27.7 Å². The van der Waals surface area contributed by atoms with Crippen LogP contribution in [0, 0.1) is 12.7 Å². The molecule has 0 unspecified atom stereocenters. The average Bonchev–Trinajstić information content (AvgIpc) is 2.36. The predicted molar refractivity (Wildman–Crippen MR) is 66.0 cm³/mol. The predicted octanol–water partition coefficient (Wildman–Crippen LogP) is 1.70. The first-order valence-electron chi connectivity index (χ1n) is 5.83. The number of aryl methyl sites for hydroxylation is 1. The van der Waals surface area contributed by atoms with Gasteiger partial charge in [-0.25, -0.2) is 14.2 Å². The number of carboxylic acids is 1. The van der Waals surface area contributed by atoms with Crippen LogP contribution in [0.1, 0.15) is 24.0 Å². The van der Waals surface area contributed by atoms with Gasteiger partial charge in [0.15, 0.2) is 0 Å². The minimum absolute atomic E-state index is 0.0475. The number of carbonyl (C=O) groups excluding carboxylic acids is 1. The van der Waals surface area contributed by atoms with Crippen molar-refractivity contribution in [2.24, 2.45) is 5.10 Å². The minimum Gasteiger partial charge on any atom is -0.477 e. The van der Waals surface area contributed by atoms with Crippen molar-refractivity contribution >= 4 is 17.6 Å². The highest BCUT2D eigenvalue weighted by atomic mass is 19.1. The minimum atomic E-state index is -1.13. The van der Waals surface area contributed by atoms with Gasteiger partial charge in [-0.1, -0.05) is 6.07 Å². The highest BCUT2D eigenvalue weighted by Crippen LogP contribution is 2.17. The van der Waals surface area contributed by atoms with Gasteiger partial charge in [0.1, 0.15) is 11.5 Å². The maximum absolute atomic E-state index is 13.2. The Morgan fingerprint density at radius 3 is 2.89 bits per heavy atom. The summed E-state index contributed by atoms with van der Waals surface area (Å²) in [5.74, 6) is -1.78. The number of benzene rings is 1. The lowest BCUT2D eigenvalue weighted by Crippen LogP contribution is -2.34. The first-order valence-corrected chi connectivity index (χ1v) is 5.83. The lowest BCUT2D eigenvalue weighted by Gasteiger charge is -2.22. The Morgan fingerprint density at radius 1 is 1.47 bits per heavy atom. The summed E-state index contributed by atoms with van der Waals surface area (Å²) in [7, 11) is 0. The zero-order valence-corrected chi connectivity index (χ0v) is 10.4. The molecular weight excluding hydrogens is 251 g/mol. The summed E-state index contributed by atoms with van der Waals surface area (Å²) in [5.41, 5.74) is 1.39. The molecule has 0 fully saturated rings. The van der Waals surface area contributed by atoms with Gasteiger partial charge in [0.05, 0.1) is 6.54 Å². The fraction of sp³-hybridized carbons (Fsp3) is 0.308. The van der Waals surface area contributed by atoms with Crippen molar-refractivity contribution < 1.29 is 19.1 Å². The maximum Gasteiger partial charge on any atom is 0.352 e. The summed E-state index contributed by atoms with van der Waals surface area (Å²) >= 11 is 0. The number of hydrogen-bond acceptors (Lipinski definition) is 3. The van der Waals surface area contributed by atoms with Crippen molar-refractivity contribution in [3.8, 4) is 0 Å². The number of nitrogens with zero attached hydrogens (tertiary/aromatic N) is 2. The Morgan fingerprint density at radius 2 is 2.21 bits per heavy atom. The van der Waals surface area contributed by atoms with E-state index < -0.39 is 11.8 Å². The summed E-state index contributed by atoms with van der Waals surface area (Å²) in [4.78, 5) is 22.5. The highest BCUT2D eigenvalue weighted by Gasteiger charge is 2.24. The Kier molecular flexibility index (Phi) is 3.59. The van der Waals surface area contributed by atoms with E-state index in [0.717, 1.165) is 10.6 Å². The van der Waals surface area contributed by atoms with Crippen molar-refractivity contribution in [3.63, 3.8) is 0 Å². The van der Waals surface area contributed by atoms with Gasteiger partial charge in [-0.3, -0.25) is 4.79 Å². The molecule has 1 aliphatic rings. The summed E-state index contributed by atoms with van der Waals surface area (Å²) in [6.45, 7) is 1.88. The quantitative estimate of drug-likeness (QED) is 0.903. The number of carboxylic acid groups (broad SMARTS) is 1. The normalized spacial score (nSPS) is 15.4. The van der Waals surface area contributed by atoms with Crippen LogP contribution in [0.25, 0.3) is 0 Å². The molecule has 6 heteroatoms. The third-order valence-electron chi connectivity index (χ3n) is 2.98. The Bertz CT molecular complexity index is 569. The number of rotatable bonds is 3. The molecule has 0 saturated heterocycles. The van der Waals surface area contributed by atoms with E-state index in [-0.39, 0.29) is 31.0 Å². The van der Waals surface area contributed by atoms with Crippen LogP contribution < -0.4 is 0 Å².